The highest BCUT2D eigenvalue weighted by molar-refractivity contribution is 8.29. The van der Waals surface area contributed by atoms with Crippen LogP contribution in [0.5, 0.6) is 0 Å². The van der Waals surface area contributed by atoms with Crippen molar-refractivity contribution < 1.29 is 8.76 Å². The first-order chi connectivity index (χ1) is 4.06. The van der Waals surface area contributed by atoms with Gasteiger partial charge in [-0.3, -0.25) is 0 Å². The highest BCUT2D eigenvalue weighted by Gasteiger charge is 1.99. The van der Waals surface area contributed by atoms with E-state index in [9.17, 15) is 4.21 Å². The number of hydrogen-bond donors (Lipinski definition) is 1. The summed E-state index contributed by atoms with van der Waals surface area (Å²) in [6, 6.07) is 0. The molecule has 5 heteroatoms. The fraction of sp³-hybridized carbons (Fsp3) is 0.750. The Morgan fingerprint density at radius 2 is 2.33 bits per heavy atom. The highest BCUT2D eigenvalue weighted by atomic mass is 32.8. The van der Waals surface area contributed by atoms with Crippen LogP contribution >= 0.6 is 0 Å². The fourth-order valence-electron chi connectivity index (χ4n) is 0.326. The Labute approximate surface area is 59.4 Å². The molecule has 1 N–H and O–H groups in total. The zero-order valence-corrected chi connectivity index (χ0v) is 6.37. The summed E-state index contributed by atoms with van der Waals surface area (Å²) in [4.78, 5) is 3.01. The third-order valence-corrected chi connectivity index (χ3v) is 1.98. The minimum Gasteiger partial charge on any atom is -0.317 e. The molecule has 52 valence electrons. The van der Waals surface area contributed by atoms with Crippen molar-refractivity contribution in [3.8, 4) is 0 Å². The van der Waals surface area contributed by atoms with Crippen molar-refractivity contribution in [1.82, 2.24) is 0 Å². The SMILES string of the molecule is [C-]#[N+]CCCS(=O)(O)=S. The van der Waals surface area contributed by atoms with E-state index < -0.39 is 8.77 Å². The van der Waals surface area contributed by atoms with Gasteiger partial charge in [-0.15, -0.1) is 0 Å². The van der Waals surface area contributed by atoms with Crippen molar-refractivity contribution >= 4 is 20.0 Å². The van der Waals surface area contributed by atoms with Gasteiger partial charge in [-0.1, -0.05) is 0 Å². The summed E-state index contributed by atoms with van der Waals surface area (Å²) in [7, 11) is -3.01. The van der Waals surface area contributed by atoms with Gasteiger partial charge in [0.05, 0.1) is 5.75 Å². The minimum absolute atomic E-state index is 0.0602. The van der Waals surface area contributed by atoms with Crippen LogP contribution in [0.2, 0.25) is 0 Å². The van der Waals surface area contributed by atoms with E-state index in [0.29, 0.717) is 6.42 Å². The van der Waals surface area contributed by atoms with Crippen LogP contribution in [0.4, 0.5) is 0 Å². The largest absolute Gasteiger partial charge is 0.317 e. The molecule has 0 aliphatic rings. The number of nitrogens with zero attached hydrogens (tertiary/aromatic N) is 1. The first-order valence-electron chi connectivity index (χ1n) is 2.34. The van der Waals surface area contributed by atoms with Gasteiger partial charge in [0.1, 0.15) is 8.77 Å². The van der Waals surface area contributed by atoms with Gasteiger partial charge in [0.2, 0.25) is 6.54 Å². The summed E-state index contributed by atoms with van der Waals surface area (Å²) < 4.78 is 18.8. The lowest BCUT2D eigenvalue weighted by Gasteiger charge is -1.91. The molecule has 0 spiro atoms. The smallest absolute Gasteiger partial charge is 0.215 e. The maximum Gasteiger partial charge on any atom is 0.215 e. The van der Waals surface area contributed by atoms with Gasteiger partial charge < -0.3 is 9.40 Å². The molecule has 0 aromatic carbocycles. The molecule has 0 saturated heterocycles. The van der Waals surface area contributed by atoms with Crippen molar-refractivity contribution in [2.75, 3.05) is 12.3 Å². The molecular weight excluding hydrogens is 158 g/mol. The molecule has 0 aromatic rings. The van der Waals surface area contributed by atoms with Crippen molar-refractivity contribution in [2.45, 2.75) is 6.42 Å². The Morgan fingerprint density at radius 3 is 2.67 bits per heavy atom. The highest BCUT2D eigenvalue weighted by Crippen LogP contribution is 1.88. The zero-order valence-electron chi connectivity index (χ0n) is 4.74. The average Bonchev–Trinajstić information content (AvgIpc) is 1.63. The maximum absolute atomic E-state index is 10.3. The second-order valence-electron chi connectivity index (χ2n) is 1.52. The molecule has 0 aliphatic carbocycles. The standard InChI is InChI=1S/C4H7NO2S2/c1-5-3-2-4-9(6,7)8/h2-4H2,(H,6,7,8). The lowest BCUT2D eigenvalue weighted by molar-refractivity contribution is 0.560. The second kappa shape index (κ2) is 3.77. The van der Waals surface area contributed by atoms with Crippen LogP contribution in [0.25, 0.3) is 4.85 Å². The van der Waals surface area contributed by atoms with Gasteiger partial charge in [-0.05, 0) is 0 Å². The van der Waals surface area contributed by atoms with Crippen LogP contribution < -0.4 is 0 Å². The van der Waals surface area contributed by atoms with Gasteiger partial charge in [0.15, 0.2) is 0 Å². The van der Waals surface area contributed by atoms with Crippen LogP contribution in [-0.2, 0) is 20.0 Å². The van der Waals surface area contributed by atoms with Crippen molar-refractivity contribution in [3.63, 3.8) is 0 Å². The molecule has 0 bridgehead atoms. The maximum atomic E-state index is 10.3. The fourth-order valence-corrected chi connectivity index (χ4v) is 1.17. The molecule has 3 nitrogen and oxygen atoms in total. The normalized spacial score (nSPS) is 16.0. The molecule has 0 radical (unpaired) electrons. The molecule has 0 rings (SSSR count). The summed E-state index contributed by atoms with van der Waals surface area (Å²) in [5, 5.41) is 0. The Morgan fingerprint density at radius 1 is 1.78 bits per heavy atom. The average molecular weight is 165 g/mol. The van der Waals surface area contributed by atoms with Gasteiger partial charge in [-0.25, -0.2) is 10.8 Å². The van der Waals surface area contributed by atoms with Crippen molar-refractivity contribution in [2.24, 2.45) is 0 Å². The van der Waals surface area contributed by atoms with Gasteiger partial charge in [0, 0.05) is 17.6 Å². The second-order valence-corrected chi connectivity index (χ2v) is 4.66. The van der Waals surface area contributed by atoms with Crippen molar-refractivity contribution in [3.05, 3.63) is 11.4 Å². The molecule has 0 heterocycles. The van der Waals surface area contributed by atoms with E-state index in [1.54, 1.807) is 0 Å². The zero-order chi connectivity index (χ0) is 7.33. The van der Waals surface area contributed by atoms with E-state index >= 15 is 0 Å². The molecule has 0 aromatic heterocycles. The number of rotatable bonds is 3. The molecule has 0 fully saturated rings. The van der Waals surface area contributed by atoms with E-state index in [2.05, 4.69) is 16.0 Å². The minimum atomic E-state index is -3.01. The van der Waals surface area contributed by atoms with Gasteiger partial charge in [-0.2, -0.15) is 0 Å². The Hall–Kier alpha value is -0.180. The summed E-state index contributed by atoms with van der Waals surface area (Å²) in [6.07, 6.45) is 0.419. The first-order valence-corrected chi connectivity index (χ1v) is 4.95. The van der Waals surface area contributed by atoms with Crippen LogP contribution in [-0.4, -0.2) is 21.1 Å². The Balaban J connectivity index is 3.44. The quantitative estimate of drug-likeness (QED) is 0.489. The summed E-state index contributed by atoms with van der Waals surface area (Å²) in [5.41, 5.74) is 0. The Kier molecular flexibility index (Phi) is 3.70. The van der Waals surface area contributed by atoms with E-state index in [0.717, 1.165) is 0 Å². The first kappa shape index (κ1) is 8.82. The van der Waals surface area contributed by atoms with E-state index in [4.69, 9.17) is 11.1 Å². The molecule has 1 atom stereocenters. The third-order valence-electron chi connectivity index (χ3n) is 0.672. The predicted molar refractivity (Wildman–Crippen MR) is 39.1 cm³/mol. The van der Waals surface area contributed by atoms with Gasteiger partial charge in [0.25, 0.3) is 0 Å². The Bertz CT molecular complexity index is 201. The number of hydrogen-bond acceptors (Lipinski definition) is 2. The monoisotopic (exact) mass is 165 g/mol. The van der Waals surface area contributed by atoms with E-state index in [-0.39, 0.29) is 12.3 Å². The molecule has 9 heavy (non-hydrogen) atoms. The van der Waals surface area contributed by atoms with Gasteiger partial charge >= 0.3 is 0 Å². The predicted octanol–water partition coefficient (Wildman–Crippen LogP) is 0.515. The van der Waals surface area contributed by atoms with Crippen LogP contribution in [0.3, 0.4) is 0 Å². The lowest BCUT2D eigenvalue weighted by atomic mass is 10.5. The topological polar surface area (TPSA) is 41.7 Å². The molecule has 0 amide bonds. The van der Waals surface area contributed by atoms with E-state index in [1.807, 2.05) is 0 Å². The summed E-state index contributed by atoms with van der Waals surface area (Å²) in [5.74, 6) is 0.0602. The third kappa shape index (κ3) is 7.82. The van der Waals surface area contributed by atoms with Crippen molar-refractivity contribution in [1.29, 1.82) is 0 Å². The van der Waals surface area contributed by atoms with E-state index in [1.165, 1.54) is 0 Å². The molecule has 0 aliphatic heterocycles. The molecule has 1 unspecified atom stereocenters. The molecular formula is C4H7NO2S2. The summed E-state index contributed by atoms with van der Waals surface area (Å²) in [6.45, 7) is 6.61. The lowest BCUT2D eigenvalue weighted by Crippen LogP contribution is -2.02. The molecule has 0 saturated carbocycles. The van der Waals surface area contributed by atoms with Crippen LogP contribution in [0.1, 0.15) is 6.42 Å². The summed E-state index contributed by atoms with van der Waals surface area (Å²) >= 11 is 4.18. The van der Waals surface area contributed by atoms with Crippen LogP contribution in [0.15, 0.2) is 0 Å². The van der Waals surface area contributed by atoms with Crippen LogP contribution in [0, 0.1) is 6.57 Å².